The quantitative estimate of drug-likeness (QED) is 0.684. The number of carbonyl (C=O) groups is 2. The van der Waals surface area contributed by atoms with Crippen LogP contribution in [0.2, 0.25) is 0 Å². The standard InChI is InChI=1S/C20H19NO3S/c1-3-24-20(23)19-13(2)11-18(25-19)21-17(22)12-15-9-6-8-14-7-4-5-10-16(14)15/h4-11H,3,12H2,1-2H3,(H,21,22). The van der Waals surface area contributed by atoms with Crippen LogP contribution in [0.5, 0.6) is 0 Å². The highest BCUT2D eigenvalue weighted by Gasteiger charge is 2.16. The summed E-state index contributed by atoms with van der Waals surface area (Å²) in [6, 6.07) is 15.8. The monoisotopic (exact) mass is 353 g/mol. The highest BCUT2D eigenvalue weighted by atomic mass is 32.1. The van der Waals surface area contributed by atoms with Crippen LogP contribution in [-0.2, 0) is 16.0 Å². The minimum Gasteiger partial charge on any atom is -0.462 e. The molecule has 0 atom stereocenters. The number of esters is 1. The van der Waals surface area contributed by atoms with Gasteiger partial charge >= 0.3 is 5.97 Å². The molecule has 5 heteroatoms. The minimum atomic E-state index is -0.348. The minimum absolute atomic E-state index is 0.104. The molecule has 3 aromatic rings. The molecule has 1 heterocycles. The number of hydrogen-bond donors (Lipinski definition) is 1. The van der Waals surface area contributed by atoms with Gasteiger partial charge in [-0.25, -0.2) is 4.79 Å². The van der Waals surface area contributed by atoms with Gasteiger partial charge in [-0.05, 0) is 41.8 Å². The maximum atomic E-state index is 12.4. The van der Waals surface area contributed by atoms with E-state index in [4.69, 9.17) is 4.74 Å². The fourth-order valence-electron chi connectivity index (χ4n) is 2.74. The van der Waals surface area contributed by atoms with E-state index in [1.807, 2.05) is 49.4 Å². The lowest BCUT2D eigenvalue weighted by atomic mass is 10.0. The summed E-state index contributed by atoms with van der Waals surface area (Å²) in [7, 11) is 0. The zero-order chi connectivity index (χ0) is 17.8. The predicted molar refractivity (Wildman–Crippen MR) is 101 cm³/mol. The Hall–Kier alpha value is -2.66. The van der Waals surface area contributed by atoms with Crippen LogP contribution in [0.3, 0.4) is 0 Å². The zero-order valence-corrected chi connectivity index (χ0v) is 15.0. The number of nitrogens with one attached hydrogen (secondary N) is 1. The highest BCUT2D eigenvalue weighted by molar-refractivity contribution is 7.18. The second-order valence-corrected chi connectivity index (χ2v) is 6.76. The van der Waals surface area contributed by atoms with Gasteiger partial charge < -0.3 is 10.1 Å². The predicted octanol–water partition coefficient (Wildman–Crippen LogP) is 4.57. The first-order valence-corrected chi connectivity index (χ1v) is 8.94. The van der Waals surface area contributed by atoms with Crippen LogP contribution in [-0.4, -0.2) is 18.5 Å². The molecule has 0 unspecified atom stereocenters. The molecule has 25 heavy (non-hydrogen) atoms. The Balaban J connectivity index is 1.74. The first kappa shape index (κ1) is 17.2. The van der Waals surface area contributed by atoms with Crippen LogP contribution in [0, 0.1) is 6.92 Å². The summed E-state index contributed by atoms with van der Waals surface area (Å²) >= 11 is 1.24. The zero-order valence-electron chi connectivity index (χ0n) is 14.2. The molecule has 1 amide bonds. The van der Waals surface area contributed by atoms with Gasteiger partial charge in [-0.3, -0.25) is 4.79 Å². The molecule has 0 aliphatic rings. The first-order valence-electron chi connectivity index (χ1n) is 8.12. The molecule has 0 aliphatic heterocycles. The topological polar surface area (TPSA) is 55.4 Å². The van der Waals surface area contributed by atoms with E-state index in [9.17, 15) is 9.59 Å². The molecule has 2 aromatic carbocycles. The normalized spacial score (nSPS) is 10.6. The molecule has 0 aliphatic carbocycles. The van der Waals surface area contributed by atoms with Crippen molar-refractivity contribution in [3.8, 4) is 0 Å². The van der Waals surface area contributed by atoms with Gasteiger partial charge in [0.05, 0.1) is 18.0 Å². The number of carbonyl (C=O) groups excluding carboxylic acids is 2. The Bertz CT molecular complexity index is 924. The average molecular weight is 353 g/mol. The molecular weight excluding hydrogens is 334 g/mol. The number of hydrogen-bond acceptors (Lipinski definition) is 4. The molecule has 0 fully saturated rings. The van der Waals surface area contributed by atoms with Gasteiger partial charge in [-0.1, -0.05) is 42.5 Å². The number of aryl methyl sites for hydroxylation is 1. The van der Waals surface area contributed by atoms with Crippen molar-refractivity contribution >= 4 is 39.0 Å². The number of rotatable bonds is 5. The van der Waals surface area contributed by atoms with E-state index >= 15 is 0 Å². The molecule has 4 nitrogen and oxygen atoms in total. The molecule has 3 rings (SSSR count). The van der Waals surface area contributed by atoms with Gasteiger partial charge in [-0.15, -0.1) is 11.3 Å². The Kier molecular flexibility index (Phi) is 5.14. The van der Waals surface area contributed by atoms with Crippen LogP contribution in [0.15, 0.2) is 48.5 Å². The Morgan fingerprint density at radius 1 is 1.12 bits per heavy atom. The maximum absolute atomic E-state index is 12.4. The summed E-state index contributed by atoms with van der Waals surface area (Å²) in [4.78, 5) is 24.8. The summed E-state index contributed by atoms with van der Waals surface area (Å²) in [5, 5.41) is 5.74. The Morgan fingerprint density at radius 2 is 1.88 bits per heavy atom. The molecule has 0 saturated carbocycles. The van der Waals surface area contributed by atoms with Crippen molar-refractivity contribution < 1.29 is 14.3 Å². The van der Waals surface area contributed by atoms with Crippen molar-refractivity contribution in [2.75, 3.05) is 11.9 Å². The fraction of sp³-hybridized carbons (Fsp3) is 0.200. The van der Waals surface area contributed by atoms with E-state index in [-0.39, 0.29) is 18.3 Å². The number of benzene rings is 2. The second-order valence-electron chi connectivity index (χ2n) is 5.71. The van der Waals surface area contributed by atoms with Gasteiger partial charge in [-0.2, -0.15) is 0 Å². The fourth-order valence-corrected chi connectivity index (χ4v) is 3.73. The van der Waals surface area contributed by atoms with Crippen molar-refractivity contribution in [2.45, 2.75) is 20.3 Å². The molecular formula is C20H19NO3S. The summed E-state index contributed by atoms with van der Waals surface area (Å²) in [6.07, 6.45) is 0.285. The van der Waals surface area contributed by atoms with Crippen LogP contribution >= 0.6 is 11.3 Å². The van der Waals surface area contributed by atoms with E-state index in [0.717, 1.165) is 21.9 Å². The molecule has 0 radical (unpaired) electrons. The third kappa shape index (κ3) is 3.88. The van der Waals surface area contributed by atoms with Gasteiger partial charge in [0.1, 0.15) is 4.88 Å². The molecule has 0 spiro atoms. The number of fused-ring (bicyclic) bond motifs is 1. The SMILES string of the molecule is CCOC(=O)c1sc(NC(=O)Cc2cccc3ccccc23)cc1C. The van der Waals surface area contributed by atoms with Gasteiger partial charge in [0.15, 0.2) is 0 Å². The molecule has 1 aromatic heterocycles. The van der Waals surface area contributed by atoms with Crippen molar-refractivity contribution in [1.82, 2.24) is 0 Å². The van der Waals surface area contributed by atoms with Gasteiger partial charge in [0.2, 0.25) is 5.91 Å². The highest BCUT2D eigenvalue weighted by Crippen LogP contribution is 2.28. The largest absolute Gasteiger partial charge is 0.462 e. The van der Waals surface area contributed by atoms with Crippen molar-refractivity contribution in [3.63, 3.8) is 0 Å². The Labute approximate surface area is 150 Å². The number of anilines is 1. The maximum Gasteiger partial charge on any atom is 0.348 e. The average Bonchev–Trinajstić information content (AvgIpc) is 2.95. The van der Waals surface area contributed by atoms with Gasteiger partial charge in [0.25, 0.3) is 0 Å². The third-order valence-corrected chi connectivity index (χ3v) is 5.00. The summed E-state index contributed by atoms with van der Waals surface area (Å²) < 4.78 is 5.03. The lowest BCUT2D eigenvalue weighted by Gasteiger charge is -2.06. The number of thiophene rings is 1. The number of ether oxygens (including phenoxy) is 1. The number of amides is 1. The summed E-state index contributed by atoms with van der Waals surface area (Å²) in [6.45, 7) is 3.94. The van der Waals surface area contributed by atoms with E-state index in [1.54, 1.807) is 13.0 Å². The molecule has 0 saturated heterocycles. The van der Waals surface area contributed by atoms with Crippen LogP contribution in [0.4, 0.5) is 5.00 Å². The third-order valence-electron chi connectivity index (χ3n) is 3.87. The molecule has 0 bridgehead atoms. The summed E-state index contributed by atoms with van der Waals surface area (Å²) in [5.74, 6) is -0.451. The summed E-state index contributed by atoms with van der Waals surface area (Å²) in [5.41, 5.74) is 1.79. The van der Waals surface area contributed by atoms with E-state index in [2.05, 4.69) is 5.32 Å². The van der Waals surface area contributed by atoms with E-state index < -0.39 is 0 Å². The smallest absolute Gasteiger partial charge is 0.348 e. The van der Waals surface area contributed by atoms with Gasteiger partial charge in [0, 0.05) is 0 Å². The molecule has 128 valence electrons. The van der Waals surface area contributed by atoms with Crippen molar-refractivity contribution in [2.24, 2.45) is 0 Å². The van der Waals surface area contributed by atoms with E-state index in [1.165, 1.54) is 11.3 Å². The van der Waals surface area contributed by atoms with E-state index in [0.29, 0.717) is 16.5 Å². The van der Waals surface area contributed by atoms with Crippen molar-refractivity contribution in [1.29, 1.82) is 0 Å². The second kappa shape index (κ2) is 7.49. The van der Waals surface area contributed by atoms with Crippen LogP contribution < -0.4 is 5.32 Å². The van der Waals surface area contributed by atoms with Crippen LogP contribution in [0.25, 0.3) is 10.8 Å². The van der Waals surface area contributed by atoms with Crippen molar-refractivity contribution in [3.05, 3.63) is 64.5 Å². The van der Waals surface area contributed by atoms with Crippen LogP contribution in [0.1, 0.15) is 27.7 Å². The lowest BCUT2D eigenvalue weighted by Crippen LogP contribution is -2.13. The molecule has 1 N–H and O–H groups in total. The lowest BCUT2D eigenvalue weighted by molar-refractivity contribution is -0.115. The first-order chi connectivity index (χ1) is 12.1. The Morgan fingerprint density at radius 3 is 2.68 bits per heavy atom.